The number of hydrogen-bond acceptors (Lipinski definition) is 5. The molecule has 0 saturated carbocycles. The molecule has 1 aromatic carbocycles. The highest BCUT2D eigenvalue weighted by molar-refractivity contribution is 7.05. The Kier molecular flexibility index (Phi) is 4.40. The van der Waals surface area contributed by atoms with Crippen LogP contribution in [0.15, 0.2) is 12.1 Å². The van der Waals surface area contributed by atoms with Crippen molar-refractivity contribution < 1.29 is 9.84 Å². The second-order valence-electron chi connectivity index (χ2n) is 5.21. The highest BCUT2D eigenvalue weighted by Gasteiger charge is 2.24. The van der Waals surface area contributed by atoms with E-state index in [1.807, 2.05) is 39.8 Å². The van der Waals surface area contributed by atoms with Gasteiger partial charge >= 0.3 is 0 Å². The molecular formula is C15H20N2O2S. The van der Waals surface area contributed by atoms with Gasteiger partial charge in [0.2, 0.25) is 0 Å². The summed E-state index contributed by atoms with van der Waals surface area (Å²) in [5.74, 6) is 0.969. The van der Waals surface area contributed by atoms with E-state index in [1.54, 1.807) is 7.11 Å². The predicted octanol–water partition coefficient (Wildman–Crippen LogP) is 3.37. The second kappa shape index (κ2) is 5.89. The van der Waals surface area contributed by atoms with Gasteiger partial charge in [-0.1, -0.05) is 30.5 Å². The molecule has 1 N–H and O–H groups in total. The average molecular weight is 292 g/mol. The lowest BCUT2D eigenvalue weighted by Crippen LogP contribution is -2.06. The van der Waals surface area contributed by atoms with Gasteiger partial charge in [-0.25, -0.2) is 0 Å². The molecular weight excluding hydrogens is 272 g/mol. The van der Waals surface area contributed by atoms with Gasteiger partial charge in [-0.2, -0.15) is 0 Å². The summed E-state index contributed by atoms with van der Waals surface area (Å²) < 4.78 is 9.46. The summed E-state index contributed by atoms with van der Waals surface area (Å²) in [5, 5.41) is 14.8. The molecule has 2 aromatic rings. The van der Waals surface area contributed by atoms with Crippen LogP contribution in [0, 0.1) is 13.8 Å². The van der Waals surface area contributed by atoms with Gasteiger partial charge in [0.05, 0.1) is 17.7 Å². The number of aliphatic hydroxyl groups excluding tert-OH is 1. The molecule has 1 heterocycles. The number of aromatic nitrogens is 2. The third-order valence-corrected chi connectivity index (χ3v) is 4.33. The Bertz CT molecular complexity index is 608. The van der Waals surface area contributed by atoms with Crippen LogP contribution in [-0.4, -0.2) is 21.8 Å². The maximum atomic E-state index is 10.7. The van der Waals surface area contributed by atoms with Crippen molar-refractivity contribution in [3.63, 3.8) is 0 Å². The Balaban J connectivity index is 2.51. The van der Waals surface area contributed by atoms with Crippen molar-refractivity contribution in [1.29, 1.82) is 0 Å². The molecule has 0 saturated heterocycles. The number of rotatable bonds is 4. The monoisotopic (exact) mass is 292 g/mol. The zero-order valence-corrected chi connectivity index (χ0v) is 13.3. The minimum absolute atomic E-state index is 0.232. The minimum Gasteiger partial charge on any atom is -0.496 e. The van der Waals surface area contributed by atoms with Crippen molar-refractivity contribution in [2.75, 3.05) is 7.11 Å². The second-order valence-corrected chi connectivity index (χ2v) is 6.00. The highest BCUT2D eigenvalue weighted by atomic mass is 32.1. The quantitative estimate of drug-likeness (QED) is 0.938. The van der Waals surface area contributed by atoms with Crippen molar-refractivity contribution >= 4 is 11.5 Å². The van der Waals surface area contributed by atoms with Gasteiger partial charge in [0.1, 0.15) is 11.9 Å². The molecule has 0 aliphatic carbocycles. The summed E-state index contributed by atoms with van der Waals surface area (Å²) in [6.45, 7) is 8.12. The first-order valence-electron chi connectivity index (χ1n) is 6.61. The van der Waals surface area contributed by atoms with Crippen molar-refractivity contribution in [3.8, 4) is 5.75 Å². The van der Waals surface area contributed by atoms with Crippen LogP contribution in [0.25, 0.3) is 0 Å². The Morgan fingerprint density at radius 1 is 1.25 bits per heavy atom. The van der Waals surface area contributed by atoms with E-state index in [0.717, 1.165) is 33.0 Å². The van der Waals surface area contributed by atoms with Crippen LogP contribution in [0.4, 0.5) is 0 Å². The zero-order valence-electron chi connectivity index (χ0n) is 12.5. The molecule has 0 aliphatic rings. The van der Waals surface area contributed by atoms with Crippen LogP contribution >= 0.6 is 11.5 Å². The zero-order chi connectivity index (χ0) is 14.9. The fraction of sp³-hybridized carbons (Fsp3) is 0.467. The molecule has 1 aromatic heterocycles. The van der Waals surface area contributed by atoms with E-state index in [4.69, 9.17) is 4.74 Å². The summed E-state index contributed by atoms with van der Waals surface area (Å²) in [6, 6.07) is 3.91. The molecule has 0 radical (unpaired) electrons. The van der Waals surface area contributed by atoms with E-state index in [2.05, 4.69) is 9.59 Å². The van der Waals surface area contributed by atoms with Gasteiger partial charge in [-0.05, 0) is 42.4 Å². The first kappa shape index (κ1) is 14.9. The Labute approximate surface area is 123 Å². The molecule has 0 bridgehead atoms. The van der Waals surface area contributed by atoms with Crippen LogP contribution in [0.1, 0.15) is 53.1 Å². The third kappa shape index (κ3) is 2.55. The maximum Gasteiger partial charge on any atom is 0.128 e. The van der Waals surface area contributed by atoms with Gasteiger partial charge in [-0.15, -0.1) is 5.10 Å². The highest BCUT2D eigenvalue weighted by Crippen LogP contribution is 2.37. The van der Waals surface area contributed by atoms with Crippen LogP contribution < -0.4 is 4.74 Å². The molecule has 0 spiro atoms. The molecule has 0 fully saturated rings. The summed E-state index contributed by atoms with van der Waals surface area (Å²) in [5.41, 5.74) is 3.81. The largest absolute Gasteiger partial charge is 0.496 e. The van der Waals surface area contributed by atoms with E-state index in [1.165, 1.54) is 11.5 Å². The lowest BCUT2D eigenvalue weighted by atomic mass is 9.97. The lowest BCUT2D eigenvalue weighted by Gasteiger charge is -2.18. The van der Waals surface area contributed by atoms with Crippen molar-refractivity contribution in [2.45, 2.75) is 39.7 Å². The van der Waals surface area contributed by atoms with E-state index >= 15 is 0 Å². The Morgan fingerprint density at radius 3 is 2.55 bits per heavy atom. The molecule has 5 heteroatoms. The van der Waals surface area contributed by atoms with E-state index in [0.29, 0.717) is 0 Å². The van der Waals surface area contributed by atoms with E-state index in [9.17, 15) is 5.11 Å². The number of aliphatic hydroxyl groups is 1. The number of nitrogens with zero attached hydrogens (tertiary/aromatic N) is 2. The van der Waals surface area contributed by atoms with Gasteiger partial charge < -0.3 is 9.84 Å². The summed E-state index contributed by atoms with van der Waals surface area (Å²) in [4.78, 5) is 0.793. The number of methoxy groups -OCH3 is 1. The normalized spacial score (nSPS) is 12.8. The summed E-state index contributed by atoms with van der Waals surface area (Å²) in [6.07, 6.45) is -0.748. The minimum atomic E-state index is -0.748. The number of benzene rings is 1. The number of ether oxygens (including phenoxy) is 1. The Morgan fingerprint density at radius 2 is 1.95 bits per heavy atom. The van der Waals surface area contributed by atoms with Crippen molar-refractivity contribution in [3.05, 3.63) is 39.4 Å². The fourth-order valence-electron chi connectivity index (χ4n) is 2.23. The molecule has 1 unspecified atom stereocenters. The molecule has 2 rings (SSSR count). The lowest BCUT2D eigenvalue weighted by molar-refractivity contribution is 0.216. The third-order valence-electron chi connectivity index (χ3n) is 3.54. The van der Waals surface area contributed by atoms with Gasteiger partial charge in [0.25, 0.3) is 0 Å². The van der Waals surface area contributed by atoms with Gasteiger partial charge in [0.15, 0.2) is 0 Å². The predicted molar refractivity (Wildman–Crippen MR) is 80.5 cm³/mol. The average Bonchev–Trinajstić information content (AvgIpc) is 2.90. The standard InChI is InChI=1S/C15H20N2O2S/c1-8(2)12-15(20-17-16-12)13(18)11-7-6-9(3)10(4)14(11)19-5/h6-8,13,18H,1-5H3. The van der Waals surface area contributed by atoms with Crippen LogP contribution in [-0.2, 0) is 0 Å². The first-order valence-corrected chi connectivity index (χ1v) is 7.39. The van der Waals surface area contributed by atoms with Crippen LogP contribution in [0.2, 0.25) is 0 Å². The molecule has 20 heavy (non-hydrogen) atoms. The van der Waals surface area contributed by atoms with E-state index < -0.39 is 6.10 Å². The molecule has 0 amide bonds. The SMILES string of the molecule is COc1c(C(O)c2snnc2C(C)C)ccc(C)c1C. The topological polar surface area (TPSA) is 55.2 Å². The molecule has 108 valence electrons. The summed E-state index contributed by atoms with van der Waals surface area (Å²) in [7, 11) is 1.63. The van der Waals surface area contributed by atoms with Gasteiger partial charge in [-0.3, -0.25) is 0 Å². The van der Waals surface area contributed by atoms with Crippen LogP contribution in [0.5, 0.6) is 5.75 Å². The van der Waals surface area contributed by atoms with Crippen LogP contribution in [0.3, 0.4) is 0 Å². The number of hydrogen-bond donors (Lipinski definition) is 1. The molecule has 4 nitrogen and oxygen atoms in total. The molecule has 1 atom stereocenters. The fourth-order valence-corrected chi connectivity index (χ4v) is 3.05. The summed E-state index contributed by atoms with van der Waals surface area (Å²) >= 11 is 1.24. The molecule has 0 aliphatic heterocycles. The number of aryl methyl sites for hydroxylation is 1. The maximum absolute atomic E-state index is 10.7. The van der Waals surface area contributed by atoms with Gasteiger partial charge in [0, 0.05) is 5.56 Å². The van der Waals surface area contributed by atoms with Crippen molar-refractivity contribution in [1.82, 2.24) is 9.59 Å². The van der Waals surface area contributed by atoms with E-state index in [-0.39, 0.29) is 5.92 Å². The Hall–Kier alpha value is -1.46. The van der Waals surface area contributed by atoms with Crippen molar-refractivity contribution in [2.24, 2.45) is 0 Å². The smallest absolute Gasteiger partial charge is 0.128 e. The first-order chi connectivity index (χ1) is 9.47.